The van der Waals surface area contributed by atoms with E-state index in [1.165, 1.54) is 0 Å². The monoisotopic (exact) mass is 329 g/mol. The maximum absolute atomic E-state index is 12.0. The van der Waals surface area contributed by atoms with Gasteiger partial charge >= 0.3 is 0 Å². The Morgan fingerprint density at radius 2 is 2.12 bits per heavy atom. The molecule has 0 aromatic carbocycles. The second-order valence-corrected chi connectivity index (χ2v) is 6.17. The Balaban J connectivity index is 1.50. The van der Waals surface area contributed by atoms with Gasteiger partial charge in [-0.25, -0.2) is 9.97 Å². The van der Waals surface area contributed by atoms with Gasteiger partial charge in [-0.3, -0.25) is 9.48 Å². The fourth-order valence-corrected chi connectivity index (χ4v) is 2.79. The lowest BCUT2D eigenvalue weighted by Crippen LogP contribution is -2.28. The molecule has 0 unspecified atom stereocenters. The van der Waals surface area contributed by atoms with Gasteiger partial charge in [0, 0.05) is 36.8 Å². The van der Waals surface area contributed by atoms with Gasteiger partial charge in [0.05, 0.1) is 5.69 Å². The molecule has 24 heavy (non-hydrogen) atoms. The molecule has 0 spiro atoms. The van der Waals surface area contributed by atoms with Crippen LogP contribution >= 0.6 is 0 Å². The van der Waals surface area contributed by atoms with Crippen LogP contribution in [0.1, 0.15) is 48.1 Å². The summed E-state index contributed by atoms with van der Waals surface area (Å²) in [6.45, 7) is 5.25. The molecular formula is C17H23N5O2. The first-order valence-corrected chi connectivity index (χ1v) is 8.32. The van der Waals surface area contributed by atoms with Gasteiger partial charge in [-0.05, 0) is 39.2 Å². The minimum Gasteiger partial charge on any atom is -0.370 e. The van der Waals surface area contributed by atoms with Gasteiger partial charge in [0.25, 0.3) is 0 Å². The summed E-state index contributed by atoms with van der Waals surface area (Å²) in [6, 6.07) is 1.95. The van der Waals surface area contributed by atoms with E-state index in [0.29, 0.717) is 6.54 Å². The number of aromatic nitrogens is 4. The van der Waals surface area contributed by atoms with Gasteiger partial charge in [-0.1, -0.05) is 0 Å². The quantitative estimate of drug-likeness (QED) is 0.905. The summed E-state index contributed by atoms with van der Waals surface area (Å²) in [5.41, 5.74) is 2.76. The van der Waals surface area contributed by atoms with Crippen molar-refractivity contribution >= 4 is 5.91 Å². The van der Waals surface area contributed by atoms with Crippen LogP contribution in [0.2, 0.25) is 0 Å². The molecule has 1 atom stereocenters. The maximum atomic E-state index is 12.0. The predicted octanol–water partition coefficient (Wildman–Crippen LogP) is 1.85. The van der Waals surface area contributed by atoms with Crippen molar-refractivity contribution in [1.82, 2.24) is 25.1 Å². The summed E-state index contributed by atoms with van der Waals surface area (Å²) >= 11 is 0. The van der Waals surface area contributed by atoms with Gasteiger partial charge in [-0.2, -0.15) is 5.10 Å². The zero-order valence-electron chi connectivity index (χ0n) is 14.2. The summed E-state index contributed by atoms with van der Waals surface area (Å²) < 4.78 is 7.38. The van der Waals surface area contributed by atoms with Crippen LogP contribution in [0.15, 0.2) is 18.5 Å². The summed E-state index contributed by atoms with van der Waals surface area (Å²) in [4.78, 5) is 20.8. The topological polar surface area (TPSA) is 81.9 Å². The van der Waals surface area contributed by atoms with E-state index in [4.69, 9.17) is 4.74 Å². The fraction of sp³-hybridized carbons (Fsp3) is 0.529. The first kappa shape index (κ1) is 16.6. The summed E-state index contributed by atoms with van der Waals surface area (Å²) in [7, 11) is 0. The van der Waals surface area contributed by atoms with Crippen LogP contribution < -0.4 is 5.32 Å². The molecule has 1 saturated heterocycles. The Morgan fingerprint density at radius 3 is 2.75 bits per heavy atom. The van der Waals surface area contributed by atoms with Crippen LogP contribution in [0.5, 0.6) is 0 Å². The van der Waals surface area contributed by atoms with Crippen molar-refractivity contribution in [3.8, 4) is 0 Å². The molecule has 0 aliphatic carbocycles. The Labute approximate surface area is 141 Å². The zero-order chi connectivity index (χ0) is 16.9. The summed E-state index contributed by atoms with van der Waals surface area (Å²) in [5, 5.41) is 7.16. The van der Waals surface area contributed by atoms with E-state index in [-0.39, 0.29) is 18.6 Å². The van der Waals surface area contributed by atoms with Gasteiger partial charge in [-0.15, -0.1) is 0 Å². The van der Waals surface area contributed by atoms with Crippen LogP contribution in [-0.4, -0.2) is 32.3 Å². The minimum atomic E-state index is -0.0825. The first-order chi connectivity index (χ1) is 11.6. The molecule has 3 rings (SSSR count). The zero-order valence-corrected chi connectivity index (χ0v) is 14.2. The molecule has 0 saturated carbocycles. The van der Waals surface area contributed by atoms with Gasteiger partial charge < -0.3 is 10.1 Å². The number of nitrogens with zero attached hydrogens (tertiary/aromatic N) is 4. The third-order valence-corrected chi connectivity index (χ3v) is 4.08. The highest BCUT2D eigenvalue weighted by molar-refractivity contribution is 5.75. The number of carbonyl (C=O) groups excluding carboxylic acids is 1. The van der Waals surface area contributed by atoms with E-state index in [1.54, 1.807) is 17.1 Å². The van der Waals surface area contributed by atoms with Crippen LogP contribution in [0.3, 0.4) is 0 Å². The average Bonchev–Trinajstić information content (AvgIpc) is 2.91. The van der Waals surface area contributed by atoms with E-state index in [9.17, 15) is 4.79 Å². The molecule has 1 amide bonds. The van der Waals surface area contributed by atoms with Crippen molar-refractivity contribution in [2.45, 2.75) is 52.3 Å². The lowest BCUT2D eigenvalue weighted by atomic mass is 10.1. The normalized spacial score (nSPS) is 17.7. The molecule has 3 heterocycles. The van der Waals surface area contributed by atoms with Gasteiger partial charge in [0.2, 0.25) is 5.91 Å². The van der Waals surface area contributed by atoms with E-state index < -0.39 is 0 Å². The van der Waals surface area contributed by atoms with Crippen molar-refractivity contribution in [2.75, 3.05) is 6.61 Å². The number of nitrogens with one attached hydrogen (secondary N) is 1. The molecule has 1 fully saturated rings. The molecule has 2 aromatic heterocycles. The summed E-state index contributed by atoms with van der Waals surface area (Å²) in [6.07, 6.45) is 6.74. The molecule has 7 heteroatoms. The van der Waals surface area contributed by atoms with E-state index in [0.717, 1.165) is 48.6 Å². The second-order valence-electron chi connectivity index (χ2n) is 6.17. The second kappa shape index (κ2) is 7.53. The molecule has 7 nitrogen and oxygen atoms in total. The Kier molecular flexibility index (Phi) is 5.20. The molecule has 1 aliphatic rings. The van der Waals surface area contributed by atoms with Gasteiger partial charge in [0.15, 0.2) is 5.82 Å². The highest BCUT2D eigenvalue weighted by atomic mass is 16.5. The molecular weight excluding hydrogens is 306 g/mol. The summed E-state index contributed by atoms with van der Waals surface area (Å²) in [5.74, 6) is 0.647. The van der Waals surface area contributed by atoms with Crippen LogP contribution in [-0.2, 0) is 22.6 Å². The van der Waals surface area contributed by atoms with Crippen molar-refractivity contribution < 1.29 is 9.53 Å². The lowest BCUT2D eigenvalue weighted by molar-refractivity contribution is -0.122. The third-order valence-electron chi connectivity index (χ3n) is 4.08. The van der Waals surface area contributed by atoms with E-state index >= 15 is 0 Å². The largest absolute Gasteiger partial charge is 0.370 e. The fourth-order valence-electron chi connectivity index (χ4n) is 2.79. The van der Waals surface area contributed by atoms with Gasteiger partial charge in [0.1, 0.15) is 12.6 Å². The molecule has 0 bridgehead atoms. The smallest absolute Gasteiger partial charge is 0.242 e. The highest BCUT2D eigenvalue weighted by Gasteiger charge is 2.18. The van der Waals surface area contributed by atoms with Crippen LogP contribution in [0.25, 0.3) is 0 Å². The number of amides is 1. The predicted molar refractivity (Wildman–Crippen MR) is 88.1 cm³/mol. The Hall–Kier alpha value is -2.28. The maximum Gasteiger partial charge on any atom is 0.242 e. The minimum absolute atomic E-state index is 0.00780. The van der Waals surface area contributed by atoms with E-state index in [1.807, 2.05) is 19.9 Å². The number of ether oxygens (including phenoxy) is 1. The highest BCUT2D eigenvalue weighted by Crippen LogP contribution is 2.24. The standard InChI is InChI=1S/C17H23N5O2/c1-12-7-13(2)22(21-12)11-16(23)18-8-14-9-19-17(20-10-14)15-5-3-4-6-24-15/h7,9-10,15H,3-6,8,11H2,1-2H3,(H,18,23)/t15-/m0/s1. The molecule has 128 valence electrons. The third kappa shape index (κ3) is 4.17. The molecule has 2 aromatic rings. The molecule has 1 N–H and O–H groups in total. The SMILES string of the molecule is Cc1cc(C)n(CC(=O)NCc2cnc([C@@H]3CCCCO3)nc2)n1. The number of carbonyl (C=O) groups is 1. The number of hydrogen-bond acceptors (Lipinski definition) is 5. The molecule has 0 radical (unpaired) electrons. The number of rotatable bonds is 5. The van der Waals surface area contributed by atoms with E-state index in [2.05, 4.69) is 20.4 Å². The van der Waals surface area contributed by atoms with Crippen LogP contribution in [0.4, 0.5) is 0 Å². The number of aryl methyl sites for hydroxylation is 2. The number of hydrogen-bond donors (Lipinski definition) is 1. The van der Waals surface area contributed by atoms with Crippen molar-refractivity contribution in [3.05, 3.63) is 41.2 Å². The van der Waals surface area contributed by atoms with Crippen molar-refractivity contribution in [2.24, 2.45) is 0 Å². The van der Waals surface area contributed by atoms with Crippen molar-refractivity contribution in [3.63, 3.8) is 0 Å². The molecule has 1 aliphatic heterocycles. The Morgan fingerprint density at radius 1 is 1.33 bits per heavy atom. The van der Waals surface area contributed by atoms with Crippen molar-refractivity contribution in [1.29, 1.82) is 0 Å². The average molecular weight is 329 g/mol. The van der Waals surface area contributed by atoms with Crippen LogP contribution in [0, 0.1) is 13.8 Å². The lowest BCUT2D eigenvalue weighted by Gasteiger charge is -2.21. The first-order valence-electron chi connectivity index (χ1n) is 8.32. The Bertz CT molecular complexity index is 690.